The van der Waals surface area contributed by atoms with Gasteiger partial charge in [-0.15, -0.1) is 0 Å². The molecule has 0 atom stereocenters. The molecule has 0 fully saturated rings. The molecule has 4 rings (SSSR count). The Morgan fingerprint density at radius 3 is 2.19 bits per heavy atom. The molecule has 1 heterocycles. The van der Waals surface area contributed by atoms with Crippen molar-refractivity contribution in [2.45, 2.75) is 57.8 Å². The summed E-state index contributed by atoms with van der Waals surface area (Å²) in [5.41, 5.74) is 3.87. The number of carboxylic acids is 1. The Morgan fingerprint density at radius 1 is 1.03 bits per heavy atom. The summed E-state index contributed by atoms with van der Waals surface area (Å²) in [5, 5.41) is 9.28. The van der Waals surface area contributed by atoms with Gasteiger partial charge in [0.2, 0.25) is 0 Å². The molecule has 0 aromatic heterocycles. The van der Waals surface area contributed by atoms with Gasteiger partial charge >= 0.3 is 5.97 Å². The number of benzene rings is 1. The number of hydrogen-bond acceptors (Lipinski definition) is 6. The van der Waals surface area contributed by atoms with E-state index in [9.17, 15) is 19.5 Å². The maximum atomic E-state index is 13.2. The summed E-state index contributed by atoms with van der Waals surface area (Å²) in [7, 11) is 1.57. The quantitative estimate of drug-likeness (QED) is 0.687. The number of ether oxygens (including phenoxy) is 2. The zero-order valence-corrected chi connectivity index (χ0v) is 18.6. The highest BCUT2D eigenvalue weighted by Gasteiger charge is 2.43. The Hall–Kier alpha value is -3.09. The van der Waals surface area contributed by atoms with Crippen LogP contribution < -0.4 is 9.47 Å². The molecular weight excluding hydrogens is 410 g/mol. The van der Waals surface area contributed by atoms with Gasteiger partial charge in [-0.1, -0.05) is 6.07 Å². The molecule has 0 saturated carbocycles. The van der Waals surface area contributed by atoms with Crippen LogP contribution in [0.25, 0.3) is 0 Å². The molecule has 0 saturated heterocycles. The fourth-order valence-corrected chi connectivity index (χ4v) is 5.17. The van der Waals surface area contributed by atoms with Gasteiger partial charge in [-0.3, -0.25) is 14.4 Å². The molecule has 0 amide bonds. The number of rotatable bonds is 7. The van der Waals surface area contributed by atoms with Gasteiger partial charge in [-0.05, 0) is 50.3 Å². The predicted molar refractivity (Wildman–Crippen MR) is 118 cm³/mol. The van der Waals surface area contributed by atoms with Crippen LogP contribution in [0, 0.1) is 0 Å². The van der Waals surface area contributed by atoms with Gasteiger partial charge in [0.15, 0.2) is 23.1 Å². The van der Waals surface area contributed by atoms with Crippen LogP contribution in [0.15, 0.2) is 40.7 Å². The first-order valence-corrected chi connectivity index (χ1v) is 11.3. The number of carboxylic acid groups (broad SMARTS) is 1. The number of nitrogens with zero attached hydrogens (tertiary/aromatic N) is 1. The molecule has 2 aliphatic carbocycles. The summed E-state index contributed by atoms with van der Waals surface area (Å²) in [6.07, 6.45) is 3.71. The molecule has 0 unspecified atom stereocenters. The lowest BCUT2D eigenvalue weighted by molar-refractivity contribution is -0.137. The average molecular weight is 440 g/mol. The molecule has 32 heavy (non-hydrogen) atoms. The lowest BCUT2D eigenvalue weighted by Crippen LogP contribution is -2.39. The van der Waals surface area contributed by atoms with Crippen molar-refractivity contribution in [1.82, 2.24) is 4.90 Å². The third kappa shape index (κ3) is 3.92. The first-order chi connectivity index (χ1) is 15.5. The van der Waals surface area contributed by atoms with Gasteiger partial charge in [-0.2, -0.15) is 0 Å². The molecule has 0 spiro atoms. The van der Waals surface area contributed by atoms with Crippen LogP contribution in [0.3, 0.4) is 0 Å². The molecule has 7 heteroatoms. The van der Waals surface area contributed by atoms with Gasteiger partial charge in [0, 0.05) is 47.8 Å². The Morgan fingerprint density at radius 2 is 1.66 bits per heavy atom. The number of aliphatic carboxylic acids is 1. The Kier molecular flexibility index (Phi) is 6.35. The third-order valence-electron chi connectivity index (χ3n) is 6.46. The van der Waals surface area contributed by atoms with Crippen molar-refractivity contribution in [2.75, 3.05) is 20.3 Å². The maximum absolute atomic E-state index is 13.2. The second-order valence-corrected chi connectivity index (χ2v) is 8.35. The maximum Gasteiger partial charge on any atom is 0.305 e. The van der Waals surface area contributed by atoms with Gasteiger partial charge in [0.25, 0.3) is 0 Å². The van der Waals surface area contributed by atoms with E-state index in [1.165, 1.54) is 0 Å². The van der Waals surface area contributed by atoms with E-state index in [0.717, 1.165) is 29.8 Å². The van der Waals surface area contributed by atoms with Crippen molar-refractivity contribution in [3.05, 3.63) is 46.3 Å². The van der Waals surface area contributed by atoms with Crippen LogP contribution in [-0.4, -0.2) is 47.8 Å². The van der Waals surface area contributed by atoms with E-state index in [2.05, 4.69) is 0 Å². The van der Waals surface area contributed by atoms with Crippen LogP contribution in [-0.2, 0) is 14.4 Å². The summed E-state index contributed by atoms with van der Waals surface area (Å²) < 4.78 is 11.2. The molecule has 7 nitrogen and oxygen atoms in total. The largest absolute Gasteiger partial charge is 0.493 e. The van der Waals surface area contributed by atoms with Crippen LogP contribution in [0.2, 0.25) is 0 Å². The zero-order chi connectivity index (χ0) is 22.8. The molecule has 1 aromatic rings. The first-order valence-electron chi connectivity index (χ1n) is 11.3. The summed E-state index contributed by atoms with van der Waals surface area (Å²) >= 11 is 0. The Bertz CT molecular complexity index is 977. The molecule has 170 valence electrons. The van der Waals surface area contributed by atoms with E-state index >= 15 is 0 Å². The SMILES string of the molecule is CCOc1ccc(C2C3=C(CCCC3=O)N(CCC(=O)O)C3=C2C(=O)CCC3)cc1OC. The van der Waals surface area contributed by atoms with Gasteiger partial charge in [-0.25, -0.2) is 0 Å². The Balaban J connectivity index is 1.89. The molecular formula is C25H29NO6. The van der Waals surface area contributed by atoms with E-state index in [1.54, 1.807) is 7.11 Å². The third-order valence-corrected chi connectivity index (χ3v) is 6.46. The number of Topliss-reactive ketones (excluding diaryl/α,β-unsaturated/α-hetero) is 2. The molecule has 1 N–H and O–H groups in total. The summed E-state index contributed by atoms with van der Waals surface area (Å²) in [5.74, 6) is -0.0913. The summed E-state index contributed by atoms with van der Waals surface area (Å²) in [6.45, 7) is 2.67. The topological polar surface area (TPSA) is 93.1 Å². The van der Waals surface area contributed by atoms with Crippen LogP contribution >= 0.6 is 0 Å². The smallest absolute Gasteiger partial charge is 0.305 e. The van der Waals surface area contributed by atoms with E-state index in [-0.39, 0.29) is 24.5 Å². The van der Waals surface area contributed by atoms with Crippen LogP contribution in [0.4, 0.5) is 0 Å². The van der Waals surface area contributed by atoms with E-state index in [0.29, 0.717) is 54.9 Å². The average Bonchev–Trinajstić information content (AvgIpc) is 2.78. The Labute approximate surface area is 187 Å². The van der Waals surface area contributed by atoms with Crippen molar-refractivity contribution in [2.24, 2.45) is 0 Å². The summed E-state index contributed by atoms with van der Waals surface area (Å²) in [6, 6.07) is 5.60. The van der Waals surface area contributed by atoms with E-state index in [1.807, 2.05) is 30.0 Å². The lowest BCUT2D eigenvalue weighted by Gasteiger charge is -2.44. The van der Waals surface area contributed by atoms with Crippen molar-refractivity contribution in [3.63, 3.8) is 0 Å². The molecule has 0 bridgehead atoms. The minimum Gasteiger partial charge on any atom is -0.493 e. The highest BCUT2D eigenvalue weighted by atomic mass is 16.5. The normalized spacial score (nSPS) is 19.1. The standard InChI is InChI=1S/C25H29NO6/c1-3-32-20-11-10-15(14-21(20)31-2)23-24-16(6-4-8-18(24)27)26(13-12-22(29)30)17-7-5-9-19(28)25(17)23/h10-11,14,23H,3-9,12-13H2,1-2H3,(H,29,30). The molecule has 3 aliphatic rings. The van der Waals surface area contributed by atoms with Crippen LogP contribution in [0.1, 0.15) is 63.4 Å². The number of ketones is 2. The predicted octanol–water partition coefficient (Wildman–Crippen LogP) is 3.98. The number of hydrogen-bond donors (Lipinski definition) is 1. The van der Waals surface area contributed by atoms with Crippen molar-refractivity contribution in [3.8, 4) is 11.5 Å². The van der Waals surface area contributed by atoms with Crippen molar-refractivity contribution < 1.29 is 29.0 Å². The number of methoxy groups -OCH3 is 1. The highest BCUT2D eigenvalue weighted by Crippen LogP contribution is 2.50. The number of carbonyl (C=O) groups is 3. The molecule has 1 aliphatic heterocycles. The minimum atomic E-state index is -0.892. The number of allylic oxidation sites excluding steroid dienone is 4. The van der Waals surface area contributed by atoms with Crippen molar-refractivity contribution >= 4 is 17.5 Å². The monoisotopic (exact) mass is 439 g/mol. The second kappa shape index (κ2) is 9.18. The zero-order valence-electron chi connectivity index (χ0n) is 18.6. The molecule has 1 aromatic carbocycles. The highest BCUT2D eigenvalue weighted by molar-refractivity contribution is 6.06. The van der Waals surface area contributed by atoms with Gasteiger partial charge in [0.1, 0.15) is 0 Å². The lowest BCUT2D eigenvalue weighted by atomic mass is 9.71. The van der Waals surface area contributed by atoms with E-state index in [4.69, 9.17) is 9.47 Å². The second-order valence-electron chi connectivity index (χ2n) is 8.35. The van der Waals surface area contributed by atoms with Crippen LogP contribution in [0.5, 0.6) is 11.5 Å². The van der Waals surface area contributed by atoms with Gasteiger partial charge < -0.3 is 19.5 Å². The fraction of sp³-hybridized carbons (Fsp3) is 0.480. The molecule has 0 radical (unpaired) electrons. The first kappa shape index (κ1) is 22.1. The summed E-state index contributed by atoms with van der Waals surface area (Å²) in [4.78, 5) is 39.7. The van der Waals surface area contributed by atoms with E-state index < -0.39 is 11.9 Å². The number of carbonyl (C=O) groups excluding carboxylic acids is 2. The van der Waals surface area contributed by atoms with Gasteiger partial charge in [0.05, 0.1) is 20.1 Å². The fourth-order valence-electron chi connectivity index (χ4n) is 5.17. The minimum absolute atomic E-state index is 0.0364. The van der Waals surface area contributed by atoms with Crippen molar-refractivity contribution in [1.29, 1.82) is 0 Å².